The molecule has 3 rings (SSSR count). The van der Waals surface area contributed by atoms with E-state index in [1.54, 1.807) is 6.92 Å². The molecule has 0 radical (unpaired) electrons. The number of carbonyl (C=O) groups excluding carboxylic acids is 2. The average Bonchev–Trinajstić information content (AvgIpc) is 2.96. The minimum atomic E-state index is -4.27. The number of rotatable bonds is 13. The van der Waals surface area contributed by atoms with Crippen molar-refractivity contribution in [1.29, 1.82) is 0 Å². The molecule has 2 amide bonds. The van der Waals surface area contributed by atoms with Gasteiger partial charge in [-0.25, -0.2) is 12.8 Å². The summed E-state index contributed by atoms with van der Waals surface area (Å²) in [5.74, 6) is -1.01. The maximum absolute atomic E-state index is 13.9. The number of amides is 2. The predicted octanol–water partition coefficient (Wildman–Crippen LogP) is 5.51. The summed E-state index contributed by atoms with van der Waals surface area (Å²) < 4.78 is 48.7. The maximum Gasteiger partial charge on any atom is 0.264 e. The van der Waals surface area contributed by atoms with Crippen molar-refractivity contribution in [1.82, 2.24) is 10.2 Å². The molecule has 8 nitrogen and oxygen atoms in total. The second kappa shape index (κ2) is 14.5. The van der Waals surface area contributed by atoms with Crippen LogP contribution in [0.1, 0.15) is 39.7 Å². The second-order valence-corrected chi connectivity index (χ2v) is 12.3. The lowest BCUT2D eigenvalue weighted by atomic mass is 10.1. The molecule has 11 heteroatoms. The Kier molecular flexibility index (Phi) is 11.3. The molecule has 3 aromatic rings. The van der Waals surface area contributed by atoms with Gasteiger partial charge >= 0.3 is 0 Å². The molecule has 41 heavy (non-hydrogen) atoms. The van der Waals surface area contributed by atoms with Crippen LogP contribution < -0.4 is 14.4 Å². The molecule has 0 fully saturated rings. The van der Waals surface area contributed by atoms with E-state index in [1.165, 1.54) is 41.3 Å². The Hall–Kier alpha value is -3.44. The fourth-order valence-electron chi connectivity index (χ4n) is 3.97. The number of carbonyl (C=O) groups is 2. The van der Waals surface area contributed by atoms with Crippen LogP contribution in [-0.4, -0.2) is 50.4 Å². The van der Waals surface area contributed by atoms with Crippen LogP contribution in [-0.2, 0) is 26.2 Å². The summed E-state index contributed by atoms with van der Waals surface area (Å²) in [7, 11) is -4.27. The molecule has 0 aromatic heterocycles. The third-order valence-corrected chi connectivity index (χ3v) is 8.87. The van der Waals surface area contributed by atoms with Gasteiger partial charge in [0, 0.05) is 17.1 Å². The molecular formula is C30H35BrFN3O5S. The number of anilines is 1. The van der Waals surface area contributed by atoms with Gasteiger partial charge < -0.3 is 15.0 Å². The van der Waals surface area contributed by atoms with E-state index in [0.717, 1.165) is 26.5 Å². The number of nitrogens with one attached hydrogen (secondary N) is 1. The second-order valence-electron chi connectivity index (χ2n) is 9.53. The van der Waals surface area contributed by atoms with E-state index in [2.05, 4.69) is 21.2 Å². The molecule has 3 aromatic carbocycles. The molecule has 0 unspecified atom stereocenters. The van der Waals surface area contributed by atoms with Crippen molar-refractivity contribution >= 4 is 43.5 Å². The largest absolute Gasteiger partial charge is 0.494 e. The van der Waals surface area contributed by atoms with E-state index < -0.39 is 34.3 Å². The van der Waals surface area contributed by atoms with Gasteiger partial charge in [0.1, 0.15) is 24.2 Å². The van der Waals surface area contributed by atoms with Gasteiger partial charge in [0.05, 0.1) is 17.2 Å². The van der Waals surface area contributed by atoms with Crippen molar-refractivity contribution in [2.75, 3.05) is 17.5 Å². The molecule has 0 bridgehead atoms. The number of nitrogens with zero attached hydrogens (tertiary/aromatic N) is 2. The zero-order valence-corrected chi connectivity index (χ0v) is 25.9. The lowest BCUT2D eigenvalue weighted by molar-refractivity contribution is -0.139. The van der Waals surface area contributed by atoms with Crippen LogP contribution in [0.15, 0.2) is 82.2 Å². The Labute approximate surface area is 249 Å². The van der Waals surface area contributed by atoms with Crippen molar-refractivity contribution in [3.8, 4) is 5.75 Å². The molecular weight excluding hydrogens is 613 g/mol. The highest BCUT2D eigenvalue weighted by Gasteiger charge is 2.33. The van der Waals surface area contributed by atoms with Gasteiger partial charge in [0.2, 0.25) is 11.8 Å². The summed E-state index contributed by atoms with van der Waals surface area (Å²) in [6, 6.07) is 17.0. The first-order chi connectivity index (χ1) is 19.5. The minimum Gasteiger partial charge on any atom is -0.494 e. The van der Waals surface area contributed by atoms with E-state index in [1.807, 2.05) is 45.0 Å². The number of halogens is 2. The van der Waals surface area contributed by atoms with Crippen LogP contribution >= 0.6 is 15.9 Å². The van der Waals surface area contributed by atoms with Crippen LogP contribution in [0.25, 0.3) is 0 Å². The topological polar surface area (TPSA) is 96.0 Å². The van der Waals surface area contributed by atoms with Gasteiger partial charge in [-0.15, -0.1) is 0 Å². The first-order valence-corrected chi connectivity index (χ1v) is 15.5. The van der Waals surface area contributed by atoms with Crippen molar-refractivity contribution < 1.29 is 27.1 Å². The fourth-order valence-corrected chi connectivity index (χ4v) is 5.65. The fraction of sp³-hybridized carbons (Fsp3) is 0.333. The predicted molar refractivity (Wildman–Crippen MR) is 161 cm³/mol. The maximum atomic E-state index is 13.9. The number of ether oxygens (including phenoxy) is 1. The van der Waals surface area contributed by atoms with Crippen molar-refractivity contribution in [3.05, 3.63) is 88.6 Å². The summed E-state index contributed by atoms with van der Waals surface area (Å²) in [6.45, 7) is 7.10. The Morgan fingerprint density at radius 3 is 2.12 bits per heavy atom. The molecule has 220 valence electrons. The Morgan fingerprint density at radius 2 is 1.56 bits per heavy atom. The highest BCUT2D eigenvalue weighted by Crippen LogP contribution is 2.26. The normalized spacial score (nSPS) is 12.7. The van der Waals surface area contributed by atoms with Crippen molar-refractivity contribution in [2.45, 2.75) is 57.6 Å². The van der Waals surface area contributed by atoms with E-state index in [9.17, 15) is 22.4 Å². The summed E-state index contributed by atoms with van der Waals surface area (Å²) in [5, 5.41) is 2.90. The lowest BCUT2D eigenvalue weighted by Crippen LogP contribution is -2.52. The zero-order chi connectivity index (χ0) is 30.2. The van der Waals surface area contributed by atoms with Gasteiger partial charge in [-0.05, 0) is 93.4 Å². The SMILES string of the molecule is CCOc1ccc(S(=O)(=O)N(CC(=O)N(Cc2ccc(Br)cc2)[C@@H](C)C(=O)N[C@@H](C)CC)c2ccc(F)cc2)cc1. The highest BCUT2D eigenvalue weighted by molar-refractivity contribution is 9.10. The van der Waals surface area contributed by atoms with Crippen LogP contribution in [0.3, 0.4) is 0 Å². The highest BCUT2D eigenvalue weighted by atomic mass is 79.9. The summed E-state index contributed by atoms with van der Waals surface area (Å²) >= 11 is 3.40. The third-order valence-electron chi connectivity index (χ3n) is 6.55. The smallest absolute Gasteiger partial charge is 0.264 e. The van der Waals surface area contributed by atoms with E-state index in [4.69, 9.17) is 4.74 Å². The molecule has 0 aliphatic rings. The molecule has 0 saturated carbocycles. The first-order valence-electron chi connectivity index (χ1n) is 13.3. The Balaban J connectivity index is 2.01. The van der Waals surface area contributed by atoms with Crippen LogP contribution in [0.4, 0.5) is 10.1 Å². The quantitative estimate of drug-likeness (QED) is 0.264. The van der Waals surface area contributed by atoms with Crippen LogP contribution in [0.2, 0.25) is 0 Å². The van der Waals surface area contributed by atoms with E-state index in [-0.39, 0.29) is 29.1 Å². The van der Waals surface area contributed by atoms with Gasteiger partial charge in [-0.2, -0.15) is 0 Å². The molecule has 2 atom stereocenters. The van der Waals surface area contributed by atoms with Crippen molar-refractivity contribution in [3.63, 3.8) is 0 Å². The Bertz CT molecular complexity index is 1420. The minimum absolute atomic E-state index is 0.0694. The summed E-state index contributed by atoms with van der Waals surface area (Å²) in [4.78, 5) is 28.3. The summed E-state index contributed by atoms with van der Waals surface area (Å²) in [5.41, 5.74) is 0.862. The number of hydrogen-bond donors (Lipinski definition) is 1. The molecule has 0 spiro atoms. The first kappa shape index (κ1) is 32.1. The lowest BCUT2D eigenvalue weighted by Gasteiger charge is -2.32. The monoisotopic (exact) mass is 647 g/mol. The Morgan fingerprint density at radius 1 is 0.951 bits per heavy atom. The van der Waals surface area contributed by atoms with Crippen LogP contribution in [0.5, 0.6) is 5.75 Å². The number of sulfonamides is 1. The van der Waals surface area contributed by atoms with Crippen molar-refractivity contribution in [2.24, 2.45) is 0 Å². The zero-order valence-electron chi connectivity index (χ0n) is 23.5. The molecule has 0 aliphatic heterocycles. The molecule has 0 saturated heterocycles. The molecule has 0 heterocycles. The number of hydrogen-bond acceptors (Lipinski definition) is 5. The van der Waals surface area contributed by atoms with Gasteiger partial charge in [0.25, 0.3) is 10.0 Å². The third kappa shape index (κ3) is 8.53. The molecule has 0 aliphatic carbocycles. The van der Waals surface area contributed by atoms with Gasteiger partial charge in [-0.1, -0.05) is 35.0 Å². The number of benzene rings is 3. The van der Waals surface area contributed by atoms with Gasteiger partial charge in [0.15, 0.2) is 0 Å². The standard InChI is InChI=1S/C30H35BrFN3O5S/c1-5-21(3)33-30(37)22(4)34(19-23-7-9-24(31)10-8-23)29(36)20-35(26-13-11-25(32)12-14-26)41(38,39)28-17-15-27(16-18-28)40-6-2/h7-18,21-22H,5-6,19-20H2,1-4H3,(H,33,37)/t21-,22-/m0/s1. The summed E-state index contributed by atoms with van der Waals surface area (Å²) in [6.07, 6.45) is 0.706. The molecule has 1 N–H and O–H groups in total. The van der Waals surface area contributed by atoms with E-state index >= 15 is 0 Å². The van der Waals surface area contributed by atoms with E-state index in [0.29, 0.717) is 18.8 Å². The average molecular weight is 649 g/mol. The van der Waals surface area contributed by atoms with Gasteiger partial charge in [-0.3, -0.25) is 13.9 Å². The van der Waals surface area contributed by atoms with Crippen LogP contribution in [0, 0.1) is 5.82 Å².